The number of quaternary nitrogens is 1. The number of esters is 2. The summed E-state index contributed by atoms with van der Waals surface area (Å²) in [4.78, 5) is 35.3. The normalized spacial score (nSPS) is 13.5. The van der Waals surface area contributed by atoms with Gasteiger partial charge in [0.25, 0.3) is 0 Å². The van der Waals surface area contributed by atoms with Crippen molar-refractivity contribution in [2.75, 3.05) is 47.5 Å². The van der Waals surface area contributed by atoms with Gasteiger partial charge in [-0.3, -0.25) is 18.6 Å². The second kappa shape index (κ2) is 36.4. The number of hydrogen-bond donors (Lipinski definition) is 1. The number of carbonyl (C=O) groups is 2. The molecule has 10 heteroatoms. The number of carbonyl (C=O) groups excluding carboxylic acids is 2. The molecule has 0 aliphatic rings. The molecule has 0 bridgehead atoms. The summed E-state index contributed by atoms with van der Waals surface area (Å²) in [6.45, 7) is 5.96. The van der Waals surface area contributed by atoms with Gasteiger partial charge in [0, 0.05) is 12.8 Å². The van der Waals surface area contributed by atoms with E-state index < -0.39 is 26.5 Å². The number of phosphoric acid groups is 1. The van der Waals surface area contributed by atoms with Crippen molar-refractivity contribution in [3.8, 4) is 0 Å². The minimum Gasteiger partial charge on any atom is -0.462 e. The van der Waals surface area contributed by atoms with Crippen LogP contribution in [0.2, 0.25) is 0 Å². The molecule has 1 unspecified atom stereocenters. The molecule has 1 N–H and O–H groups in total. The van der Waals surface area contributed by atoms with E-state index >= 15 is 0 Å². The van der Waals surface area contributed by atoms with Crippen LogP contribution in [0.4, 0.5) is 0 Å². The average Bonchev–Trinajstić information content (AvgIpc) is 3.10. The molecule has 0 aliphatic carbocycles. The van der Waals surface area contributed by atoms with Gasteiger partial charge in [0.1, 0.15) is 19.8 Å². The molecule has 0 aromatic carbocycles. The number of unbranched alkanes of at least 4 members (excludes halogenated alkanes) is 26. The summed E-state index contributed by atoms with van der Waals surface area (Å²) in [6.07, 6.45) is 35.7. The smallest absolute Gasteiger partial charge is 0.462 e. The Morgan fingerprint density at radius 2 is 1.00 bits per heavy atom. The molecule has 0 saturated carbocycles. The average molecular weight is 775 g/mol. The van der Waals surface area contributed by atoms with E-state index in [1.54, 1.807) is 0 Å². The first-order chi connectivity index (χ1) is 25.5. The molecule has 53 heavy (non-hydrogen) atoms. The topological polar surface area (TPSA) is 108 Å². The van der Waals surface area contributed by atoms with Crippen molar-refractivity contribution in [2.45, 2.75) is 206 Å². The Morgan fingerprint density at radius 1 is 0.604 bits per heavy atom. The number of likely N-dealkylation sites (N-methyl/N-ethyl adjacent to an activating group) is 1. The molecule has 0 aromatic rings. The van der Waals surface area contributed by atoms with Crippen molar-refractivity contribution in [2.24, 2.45) is 0 Å². The van der Waals surface area contributed by atoms with Crippen LogP contribution in [0.1, 0.15) is 200 Å². The van der Waals surface area contributed by atoms with Gasteiger partial charge in [0.05, 0.1) is 27.7 Å². The maximum absolute atomic E-state index is 12.7. The van der Waals surface area contributed by atoms with E-state index in [0.717, 1.165) is 38.5 Å². The third-order valence-electron chi connectivity index (χ3n) is 9.69. The van der Waals surface area contributed by atoms with E-state index in [1.807, 2.05) is 27.2 Å². The Hall–Kier alpha value is -1.25. The maximum atomic E-state index is 12.7. The Morgan fingerprint density at radius 3 is 1.42 bits per heavy atom. The Kier molecular flexibility index (Phi) is 35.5. The van der Waals surface area contributed by atoms with Gasteiger partial charge in [-0.25, -0.2) is 4.57 Å². The van der Waals surface area contributed by atoms with Crippen molar-refractivity contribution in [1.82, 2.24) is 0 Å². The fourth-order valence-corrected chi connectivity index (χ4v) is 6.97. The molecule has 0 amide bonds. The van der Waals surface area contributed by atoms with Crippen molar-refractivity contribution < 1.29 is 42.1 Å². The van der Waals surface area contributed by atoms with Crippen molar-refractivity contribution in [3.63, 3.8) is 0 Å². The van der Waals surface area contributed by atoms with Crippen molar-refractivity contribution in [3.05, 3.63) is 12.7 Å². The van der Waals surface area contributed by atoms with Crippen molar-refractivity contribution >= 4 is 19.8 Å². The molecule has 0 fully saturated rings. The first kappa shape index (κ1) is 51.8. The summed E-state index contributed by atoms with van der Waals surface area (Å²) in [5, 5.41) is 0. The summed E-state index contributed by atoms with van der Waals surface area (Å²) >= 11 is 0. The van der Waals surface area contributed by atoms with Crippen LogP contribution < -0.4 is 0 Å². The van der Waals surface area contributed by atoms with Gasteiger partial charge in [0.15, 0.2) is 6.10 Å². The number of rotatable bonds is 41. The van der Waals surface area contributed by atoms with Gasteiger partial charge < -0.3 is 18.9 Å². The van der Waals surface area contributed by atoms with E-state index in [0.29, 0.717) is 23.9 Å². The highest BCUT2D eigenvalue weighted by Gasteiger charge is 2.27. The molecule has 0 radical (unpaired) electrons. The fraction of sp³-hybridized carbons (Fsp3) is 0.907. The van der Waals surface area contributed by atoms with Gasteiger partial charge in [-0.2, -0.15) is 0 Å². The molecule has 0 spiro atoms. The highest BCUT2D eigenvalue weighted by atomic mass is 31.2. The molecule has 0 aliphatic heterocycles. The van der Waals surface area contributed by atoms with E-state index in [4.69, 9.17) is 18.5 Å². The zero-order valence-electron chi connectivity index (χ0n) is 35.1. The Labute approximate surface area is 326 Å². The van der Waals surface area contributed by atoms with Gasteiger partial charge in [-0.15, -0.1) is 6.58 Å². The molecule has 0 saturated heterocycles. The quantitative estimate of drug-likeness (QED) is 0.0215. The van der Waals surface area contributed by atoms with E-state index in [2.05, 4.69) is 13.5 Å². The van der Waals surface area contributed by atoms with Gasteiger partial charge >= 0.3 is 19.8 Å². The van der Waals surface area contributed by atoms with Crippen LogP contribution in [0, 0.1) is 0 Å². The van der Waals surface area contributed by atoms with Crippen LogP contribution in [0.3, 0.4) is 0 Å². The second-order valence-electron chi connectivity index (χ2n) is 16.2. The highest BCUT2D eigenvalue weighted by molar-refractivity contribution is 7.47. The third kappa shape index (κ3) is 40.2. The van der Waals surface area contributed by atoms with E-state index in [9.17, 15) is 19.0 Å². The standard InChI is InChI=1S/C43H84NO8P/c1-6-8-10-12-14-16-18-20-22-24-25-27-29-31-33-35-42(45)49-39-41(40-51-53(47,48)50-38-37-44(3,4)5)52-43(46)36-34-32-30-28-26-23-21-19-17-15-13-11-9-7-2/h6,41H,1,7-40H2,2-5H3/p+1/t41-/m1/s1. The SMILES string of the molecule is C=CCCCCCCCCCCCCCCCC(=O)OC[C@H](COP(=O)(O)OCC[N+](C)(C)C)OC(=O)CCCCCCCCCCCCCCCC. The number of phosphoric ester groups is 1. The van der Waals surface area contributed by atoms with Gasteiger partial charge in [-0.1, -0.05) is 167 Å². The number of hydrogen-bond acceptors (Lipinski definition) is 7. The monoisotopic (exact) mass is 775 g/mol. The molecule has 314 valence electrons. The summed E-state index contributed by atoms with van der Waals surface area (Å²) in [6, 6.07) is 0. The van der Waals surface area contributed by atoms with E-state index in [1.165, 1.54) is 135 Å². The van der Waals surface area contributed by atoms with Gasteiger partial charge in [0.2, 0.25) is 0 Å². The zero-order chi connectivity index (χ0) is 39.3. The minimum atomic E-state index is -4.37. The minimum absolute atomic E-state index is 0.0345. The summed E-state index contributed by atoms with van der Waals surface area (Å²) in [5.74, 6) is -0.791. The molecular weight excluding hydrogens is 689 g/mol. The number of allylic oxidation sites excluding steroid dienone is 1. The lowest BCUT2D eigenvalue weighted by atomic mass is 10.0. The van der Waals surface area contributed by atoms with Crippen LogP contribution in [0.15, 0.2) is 12.7 Å². The van der Waals surface area contributed by atoms with Crippen molar-refractivity contribution in [1.29, 1.82) is 0 Å². The summed E-state index contributed by atoms with van der Waals surface area (Å²) in [7, 11) is 1.48. The van der Waals surface area contributed by atoms with Crippen LogP contribution >= 0.6 is 7.82 Å². The Bertz CT molecular complexity index is 909. The number of nitrogens with zero attached hydrogens (tertiary/aromatic N) is 1. The zero-order valence-corrected chi connectivity index (χ0v) is 36.0. The van der Waals surface area contributed by atoms with Crippen LogP contribution in [0.25, 0.3) is 0 Å². The lowest BCUT2D eigenvalue weighted by Gasteiger charge is -2.24. The fourth-order valence-electron chi connectivity index (χ4n) is 6.23. The largest absolute Gasteiger partial charge is 0.472 e. The summed E-state index contributed by atoms with van der Waals surface area (Å²) < 4.78 is 34.3. The first-order valence-corrected chi connectivity index (χ1v) is 23.4. The second-order valence-corrected chi connectivity index (χ2v) is 17.6. The maximum Gasteiger partial charge on any atom is 0.472 e. The summed E-state index contributed by atoms with van der Waals surface area (Å²) in [5.41, 5.74) is 0. The van der Waals surface area contributed by atoms with Crippen LogP contribution in [-0.4, -0.2) is 74.9 Å². The third-order valence-corrected chi connectivity index (χ3v) is 10.7. The van der Waals surface area contributed by atoms with E-state index in [-0.39, 0.29) is 25.6 Å². The molecular formula is C43H85NO8P+. The Balaban J connectivity index is 4.31. The lowest BCUT2D eigenvalue weighted by molar-refractivity contribution is -0.870. The molecule has 0 heterocycles. The molecule has 9 nitrogen and oxygen atoms in total. The number of ether oxygens (including phenoxy) is 2. The first-order valence-electron chi connectivity index (χ1n) is 21.9. The lowest BCUT2D eigenvalue weighted by Crippen LogP contribution is -2.37. The molecule has 0 aromatic heterocycles. The predicted molar refractivity (Wildman–Crippen MR) is 220 cm³/mol. The van der Waals surface area contributed by atoms with Crippen LogP contribution in [-0.2, 0) is 32.7 Å². The highest BCUT2D eigenvalue weighted by Crippen LogP contribution is 2.43. The predicted octanol–water partition coefficient (Wildman–Crippen LogP) is 12.2. The molecule has 0 rings (SSSR count). The molecule has 2 atom stereocenters. The van der Waals surface area contributed by atoms with Crippen LogP contribution in [0.5, 0.6) is 0 Å². The van der Waals surface area contributed by atoms with Gasteiger partial charge in [-0.05, 0) is 25.7 Å².